The van der Waals surface area contributed by atoms with E-state index in [1.165, 1.54) is 0 Å². The molecule has 0 aromatic heterocycles. The average Bonchev–Trinajstić information content (AvgIpc) is 2.61. The van der Waals surface area contributed by atoms with Crippen molar-refractivity contribution in [1.82, 2.24) is 0 Å². The summed E-state index contributed by atoms with van der Waals surface area (Å²) < 4.78 is 43.5. The number of ether oxygens (including phenoxy) is 1. The number of carbonyl (C=O) groups is 2. The lowest BCUT2D eigenvalue weighted by molar-refractivity contribution is -0.385. The molecule has 2 aromatic carbocycles. The highest BCUT2D eigenvalue weighted by molar-refractivity contribution is 8.14. The number of rotatable bonds is 6. The van der Waals surface area contributed by atoms with Gasteiger partial charge in [0.2, 0.25) is 5.12 Å². The molecule has 0 saturated carbocycles. The van der Waals surface area contributed by atoms with Crippen LogP contribution in [0.15, 0.2) is 30.3 Å². The van der Waals surface area contributed by atoms with Crippen molar-refractivity contribution in [1.29, 1.82) is 0 Å². The van der Waals surface area contributed by atoms with Crippen LogP contribution < -0.4 is 4.74 Å². The zero-order chi connectivity index (χ0) is 21.9. The first-order valence-electron chi connectivity index (χ1n) is 7.73. The summed E-state index contributed by atoms with van der Waals surface area (Å²) in [5.41, 5.74) is -3.26. The van der Waals surface area contributed by atoms with Crippen LogP contribution >= 0.6 is 23.4 Å². The number of thioether (sulfide) groups is 1. The van der Waals surface area contributed by atoms with Crippen molar-refractivity contribution in [3.05, 3.63) is 62.2 Å². The third kappa shape index (κ3) is 5.18. The molecule has 0 spiro atoms. The van der Waals surface area contributed by atoms with Crippen LogP contribution in [-0.2, 0) is 6.18 Å². The van der Waals surface area contributed by atoms with E-state index >= 15 is 0 Å². The zero-order valence-corrected chi connectivity index (χ0v) is 16.0. The normalized spacial score (nSPS) is 11.2. The number of carboxylic acid groups (broad SMARTS) is 1. The van der Waals surface area contributed by atoms with Crippen molar-refractivity contribution >= 4 is 40.1 Å². The Morgan fingerprint density at radius 2 is 1.86 bits per heavy atom. The van der Waals surface area contributed by atoms with E-state index in [0.717, 1.165) is 18.2 Å². The molecule has 12 heteroatoms. The lowest BCUT2D eigenvalue weighted by Crippen LogP contribution is -2.09. The Morgan fingerprint density at radius 1 is 1.24 bits per heavy atom. The first-order valence-corrected chi connectivity index (χ1v) is 9.09. The second kappa shape index (κ2) is 8.70. The Hall–Kier alpha value is -2.79. The number of benzene rings is 2. The molecule has 154 valence electrons. The molecule has 1 N–H and O–H groups in total. The summed E-state index contributed by atoms with van der Waals surface area (Å²) >= 11 is 6.52. The minimum atomic E-state index is -4.64. The van der Waals surface area contributed by atoms with Gasteiger partial charge in [-0.2, -0.15) is 13.2 Å². The highest BCUT2D eigenvalue weighted by atomic mass is 35.5. The van der Waals surface area contributed by atoms with E-state index in [0.29, 0.717) is 23.9 Å². The summed E-state index contributed by atoms with van der Waals surface area (Å²) in [4.78, 5) is 34.0. The van der Waals surface area contributed by atoms with Gasteiger partial charge >= 0.3 is 12.1 Å². The van der Waals surface area contributed by atoms with Gasteiger partial charge in [0.25, 0.3) is 5.69 Å². The monoisotopic (exact) mass is 449 g/mol. The van der Waals surface area contributed by atoms with Gasteiger partial charge in [-0.1, -0.05) is 30.3 Å². The molecular weight excluding hydrogens is 439 g/mol. The molecule has 7 nitrogen and oxygen atoms in total. The minimum Gasteiger partial charge on any atom is -0.477 e. The van der Waals surface area contributed by atoms with Gasteiger partial charge in [0.1, 0.15) is 22.6 Å². The van der Waals surface area contributed by atoms with E-state index in [2.05, 4.69) is 0 Å². The predicted octanol–water partition coefficient (Wildman–Crippen LogP) is 5.65. The van der Waals surface area contributed by atoms with Gasteiger partial charge in [0.15, 0.2) is 0 Å². The standard InChI is InChI=1S/C17H11ClF3NO6S/c1-2-29-16(25)11-7-9(6-10(15(23)24)14(11)22(26)27)28-13-4-3-8(5-12(13)18)17(19,20)21/h3-7H,2H2,1H3,(H,23,24). The largest absolute Gasteiger partial charge is 0.477 e. The molecule has 29 heavy (non-hydrogen) atoms. The quantitative estimate of drug-likeness (QED) is 0.448. The molecule has 2 rings (SSSR count). The van der Waals surface area contributed by atoms with Gasteiger partial charge in [-0.25, -0.2) is 4.79 Å². The molecule has 0 atom stereocenters. The first-order chi connectivity index (χ1) is 13.5. The molecule has 0 heterocycles. The van der Waals surface area contributed by atoms with Gasteiger partial charge < -0.3 is 9.84 Å². The fourth-order valence-corrected chi connectivity index (χ4v) is 3.07. The third-order valence-electron chi connectivity index (χ3n) is 3.48. The number of carboxylic acids is 1. The summed E-state index contributed by atoms with van der Waals surface area (Å²) in [6, 6.07) is 3.96. The Bertz CT molecular complexity index is 996. The molecule has 0 aliphatic rings. The summed E-state index contributed by atoms with van der Waals surface area (Å²) in [6.45, 7) is 1.62. The number of aromatic carboxylic acids is 1. The summed E-state index contributed by atoms with van der Waals surface area (Å²) in [6.07, 6.45) is -4.64. The molecular formula is C17H11ClF3NO6S. The molecule has 0 bridgehead atoms. The van der Waals surface area contributed by atoms with Gasteiger partial charge in [-0.3, -0.25) is 14.9 Å². The van der Waals surface area contributed by atoms with Crippen molar-refractivity contribution in [3.63, 3.8) is 0 Å². The second-order valence-corrected chi connectivity index (χ2v) is 7.04. The third-order valence-corrected chi connectivity index (χ3v) is 4.54. The van der Waals surface area contributed by atoms with Crippen molar-refractivity contribution in [2.75, 3.05) is 5.75 Å². The van der Waals surface area contributed by atoms with E-state index in [9.17, 15) is 38.0 Å². The minimum absolute atomic E-state index is 0.258. The fraction of sp³-hybridized carbons (Fsp3) is 0.176. The number of nitro benzene ring substituents is 1. The predicted molar refractivity (Wildman–Crippen MR) is 99.0 cm³/mol. The fourth-order valence-electron chi connectivity index (χ4n) is 2.28. The summed E-state index contributed by atoms with van der Waals surface area (Å²) in [5, 5.41) is 19.4. The number of carbonyl (C=O) groups excluding carboxylic acids is 1. The van der Waals surface area contributed by atoms with E-state index in [4.69, 9.17) is 16.3 Å². The Morgan fingerprint density at radius 3 is 2.34 bits per heavy atom. The van der Waals surface area contributed by atoms with Crippen molar-refractivity contribution in [2.24, 2.45) is 0 Å². The van der Waals surface area contributed by atoms with E-state index < -0.39 is 49.6 Å². The van der Waals surface area contributed by atoms with E-state index in [1.54, 1.807) is 6.92 Å². The molecule has 2 aromatic rings. The SMILES string of the molecule is CCSC(=O)c1cc(Oc2ccc(C(F)(F)F)cc2Cl)cc(C(=O)O)c1[N+](=O)[O-]. The van der Waals surface area contributed by atoms with Gasteiger partial charge in [-0.15, -0.1) is 0 Å². The van der Waals surface area contributed by atoms with Crippen LogP contribution in [-0.4, -0.2) is 26.9 Å². The maximum absolute atomic E-state index is 12.7. The number of hydrogen-bond donors (Lipinski definition) is 1. The van der Waals surface area contributed by atoms with Crippen molar-refractivity contribution in [2.45, 2.75) is 13.1 Å². The number of nitrogens with zero attached hydrogens (tertiary/aromatic N) is 1. The molecule has 0 saturated heterocycles. The maximum Gasteiger partial charge on any atom is 0.416 e. The lowest BCUT2D eigenvalue weighted by Gasteiger charge is -2.13. The number of halogens is 4. The Balaban J connectivity index is 2.58. The van der Waals surface area contributed by atoms with Crippen LogP contribution in [0.3, 0.4) is 0 Å². The van der Waals surface area contributed by atoms with Gasteiger partial charge in [-0.05, 0) is 30.0 Å². The molecule has 0 amide bonds. The molecule has 0 radical (unpaired) electrons. The number of alkyl halides is 3. The summed E-state index contributed by atoms with van der Waals surface area (Å²) in [7, 11) is 0. The molecule has 0 aliphatic carbocycles. The zero-order valence-electron chi connectivity index (χ0n) is 14.4. The van der Waals surface area contributed by atoms with Crippen LogP contribution in [0.4, 0.5) is 18.9 Å². The maximum atomic E-state index is 12.7. The summed E-state index contributed by atoms with van der Waals surface area (Å²) in [5.74, 6) is -1.98. The van der Waals surface area contributed by atoms with Gasteiger partial charge in [0, 0.05) is 6.07 Å². The first kappa shape index (κ1) is 22.5. The van der Waals surface area contributed by atoms with Crippen LogP contribution in [0.1, 0.15) is 33.2 Å². The molecule has 0 unspecified atom stereocenters. The second-order valence-electron chi connectivity index (χ2n) is 5.39. The van der Waals surface area contributed by atoms with Crippen molar-refractivity contribution in [3.8, 4) is 11.5 Å². The van der Waals surface area contributed by atoms with E-state index in [-0.39, 0.29) is 17.3 Å². The highest BCUT2D eigenvalue weighted by Crippen LogP contribution is 2.38. The van der Waals surface area contributed by atoms with Crippen LogP contribution in [0.5, 0.6) is 11.5 Å². The van der Waals surface area contributed by atoms with Crippen LogP contribution in [0, 0.1) is 10.1 Å². The number of nitro groups is 1. The van der Waals surface area contributed by atoms with Crippen LogP contribution in [0.2, 0.25) is 5.02 Å². The number of hydrogen-bond acceptors (Lipinski definition) is 6. The van der Waals surface area contributed by atoms with Crippen molar-refractivity contribution < 1.29 is 37.5 Å². The van der Waals surface area contributed by atoms with E-state index in [1.807, 2.05) is 0 Å². The molecule has 0 aliphatic heterocycles. The Labute approximate surface area is 170 Å². The van der Waals surface area contributed by atoms with Gasteiger partial charge in [0.05, 0.1) is 15.5 Å². The highest BCUT2D eigenvalue weighted by Gasteiger charge is 2.32. The van der Waals surface area contributed by atoms with Crippen LogP contribution in [0.25, 0.3) is 0 Å². The smallest absolute Gasteiger partial charge is 0.416 e. The lowest BCUT2D eigenvalue weighted by atomic mass is 10.1. The molecule has 0 fully saturated rings. The average molecular weight is 450 g/mol. The topological polar surface area (TPSA) is 107 Å². The Kier molecular flexibility index (Phi) is 6.75.